The average Bonchev–Trinajstić information content (AvgIpc) is 2.15. The van der Waals surface area contributed by atoms with Crippen LogP contribution >= 0.6 is 0 Å². The lowest BCUT2D eigenvalue weighted by atomic mass is 9.78. The van der Waals surface area contributed by atoms with Gasteiger partial charge in [-0.1, -0.05) is 0 Å². The molecule has 0 bridgehead atoms. The molecule has 1 unspecified atom stereocenters. The minimum Gasteiger partial charge on any atom is -0.432 e. The van der Waals surface area contributed by atoms with E-state index >= 15 is 0 Å². The number of hydrogen-bond donors (Lipinski definition) is 2. The second-order valence-electron chi connectivity index (χ2n) is 4.96. The van der Waals surface area contributed by atoms with Gasteiger partial charge in [0, 0.05) is 18.6 Å². The summed E-state index contributed by atoms with van der Waals surface area (Å²) in [5.41, 5.74) is 3.83. The molecule has 0 spiro atoms. The zero-order valence-corrected chi connectivity index (χ0v) is 10.3. The summed E-state index contributed by atoms with van der Waals surface area (Å²) in [7, 11) is 1.65. The maximum atomic E-state index is 9.89. The summed E-state index contributed by atoms with van der Waals surface area (Å²) < 4.78 is 5.59. The highest BCUT2D eigenvalue weighted by molar-refractivity contribution is 6.36. The van der Waals surface area contributed by atoms with Crippen LogP contribution in [-0.2, 0) is 4.65 Å². The van der Waals surface area contributed by atoms with E-state index in [4.69, 9.17) is 10.4 Å². The minimum absolute atomic E-state index is 0.00826. The van der Waals surface area contributed by atoms with Crippen molar-refractivity contribution in [2.75, 3.05) is 6.54 Å². The highest BCUT2D eigenvalue weighted by Gasteiger charge is 2.36. The van der Waals surface area contributed by atoms with Gasteiger partial charge in [-0.3, -0.25) is 4.99 Å². The Bertz CT molecular complexity index is 308. The van der Waals surface area contributed by atoms with E-state index in [0.717, 1.165) is 0 Å². The van der Waals surface area contributed by atoms with Crippen LogP contribution in [0.5, 0.6) is 0 Å². The second kappa shape index (κ2) is 4.55. The fourth-order valence-corrected chi connectivity index (χ4v) is 0.939. The number of hydrogen-bond acceptors (Lipinski definition) is 5. The monoisotopic (exact) mass is 224 g/mol. The first-order valence-electron chi connectivity index (χ1n) is 5.30. The molecule has 1 aliphatic rings. The largest absolute Gasteiger partial charge is 0.432 e. The number of nitrogens with two attached hydrogens (primary N) is 1. The molecule has 1 radical (unpaired) electrons. The van der Waals surface area contributed by atoms with Crippen LogP contribution in [0.25, 0.3) is 0 Å². The quantitative estimate of drug-likeness (QED) is 0.676. The Morgan fingerprint density at radius 3 is 2.56 bits per heavy atom. The molecule has 0 amide bonds. The van der Waals surface area contributed by atoms with Crippen LogP contribution < -0.4 is 5.73 Å². The Hall–Kier alpha value is -0.875. The maximum Gasteiger partial charge on any atom is 0.304 e. The lowest BCUT2D eigenvalue weighted by Crippen LogP contribution is -2.48. The van der Waals surface area contributed by atoms with Crippen LogP contribution in [0.2, 0.25) is 5.82 Å². The van der Waals surface area contributed by atoms with E-state index in [2.05, 4.69) is 9.98 Å². The van der Waals surface area contributed by atoms with Gasteiger partial charge in [-0.25, -0.2) is 4.99 Å². The molecule has 0 saturated carbocycles. The lowest BCUT2D eigenvalue weighted by molar-refractivity contribution is -0.0906. The molecule has 0 aromatic heterocycles. The Kier molecular flexibility index (Phi) is 3.75. The Labute approximate surface area is 97.1 Å². The van der Waals surface area contributed by atoms with Crippen molar-refractivity contribution in [2.45, 2.75) is 44.7 Å². The fourth-order valence-electron chi connectivity index (χ4n) is 0.939. The number of aliphatic hydroxyl groups is 1. The Morgan fingerprint density at radius 2 is 2.12 bits per heavy atom. The van der Waals surface area contributed by atoms with Crippen molar-refractivity contribution in [3.8, 4) is 0 Å². The van der Waals surface area contributed by atoms with E-state index in [1.165, 1.54) is 0 Å². The van der Waals surface area contributed by atoms with Gasteiger partial charge in [-0.2, -0.15) is 0 Å². The van der Waals surface area contributed by atoms with Crippen LogP contribution in [0.1, 0.15) is 27.7 Å². The topological polar surface area (TPSA) is 80.2 Å². The third kappa shape index (κ3) is 3.32. The summed E-state index contributed by atoms with van der Waals surface area (Å²) >= 11 is 0. The molecule has 3 N–H and O–H groups in total. The van der Waals surface area contributed by atoms with Gasteiger partial charge >= 0.3 is 7.48 Å². The molecule has 5 nitrogen and oxygen atoms in total. The standard InChI is InChI=1S/C10H19BN3O2/c1-9(2,15)10(3,4)16-11-7-5-13-8(12)14-6-7/h5,7,15H,6H2,1-4H3,(H2,12,14). The molecule has 89 valence electrons. The molecule has 0 saturated heterocycles. The van der Waals surface area contributed by atoms with Crippen LogP contribution in [0.3, 0.4) is 0 Å². The van der Waals surface area contributed by atoms with Crippen molar-refractivity contribution < 1.29 is 9.76 Å². The molecule has 0 aliphatic carbocycles. The van der Waals surface area contributed by atoms with Crippen LogP contribution in [0, 0.1) is 0 Å². The first kappa shape index (κ1) is 13.2. The third-order valence-electron chi connectivity index (χ3n) is 2.87. The highest BCUT2D eigenvalue weighted by Crippen LogP contribution is 2.25. The maximum absolute atomic E-state index is 9.89. The molecule has 1 atom stereocenters. The molecule has 1 aliphatic heterocycles. The predicted molar refractivity (Wildman–Crippen MR) is 65.9 cm³/mol. The van der Waals surface area contributed by atoms with Gasteiger partial charge in [-0.15, -0.1) is 0 Å². The van der Waals surface area contributed by atoms with Crippen LogP contribution in [-0.4, -0.2) is 42.5 Å². The first-order valence-corrected chi connectivity index (χ1v) is 5.30. The SMILES string of the molecule is CC(C)(O)C(C)(C)O[B]C1C=NC(N)=NC1. The van der Waals surface area contributed by atoms with Gasteiger partial charge in [0.15, 0.2) is 0 Å². The van der Waals surface area contributed by atoms with Gasteiger partial charge < -0.3 is 15.5 Å². The molecule has 6 heteroatoms. The fraction of sp³-hybridized carbons (Fsp3) is 0.800. The van der Waals surface area contributed by atoms with Gasteiger partial charge in [0.05, 0.1) is 11.2 Å². The predicted octanol–water partition coefficient (Wildman–Crippen LogP) is 0.359. The van der Waals surface area contributed by atoms with E-state index in [-0.39, 0.29) is 5.82 Å². The Morgan fingerprint density at radius 1 is 1.50 bits per heavy atom. The Balaban J connectivity index is 2.45. The van der Waals surface area contributed by atoms with E-state index in [0.29, 0.717) is 12.5 Å². The summed E-state index contributed by atoms with van der Waals surface area (Å²) in [6, 6.07) is 0. The van der Waals surface area contributed by atoms with Crippen molar-refractivity contribution in [1.29, 1.82) is 0 Å². The van der Waals surface area contributed by atoms with Crippen LogP contribution in [0.15, 0.2) is 9.98 Å². The van der Waals surface area contributed by atoms with Crippen molar-refractivity contribution in [3.63, 3.8) is 0 Å². The van der Waals surface area contributed by atoms with Gasteiger partial charge in [0.1, 0.15) is 0 Å². The summed E-state index contributed by atoms with van der Waals surface area (Å²) in [5, 5.41) is 9.89. The zero-order chi connectivity index (χ0) is 12.4. The number of rotatable bonds is 4. The molecule has 1 heterocycles. The summed E-state index contributed by atoms with van der Waals surface area (Å²) in [4.78, 5) is 7.90. The summed E-state index contributed by atoms with van der Waals surface area (Å²) in [6.45, 7) is 7.64. The zero-order valence-electron chi connectivity index (χ0n) is 10.3. The third-order valence-corrected chi connectivity index (χ3v) is 2.87. The van der Waals surface area contributed by atoms with E-state index in [9.17, 15) is 5.11 Å². The molecule has 0 aromatic rings. The molecule has 1 rings (SSSR count). The number of guanidine groups is 1. The smallest absolute Gasteiger partial charge is 0.304 e. The summed E-state index contributed by atoms with van der Waals surface area (Å²) in [6.07, 6.45) is 1.70. The highest BCUT2D eigenvalue weighted by atomic mass is 16.5. The lowest BCUT2D eigenvalue weighted by Gasteiger charge is -2.38. The minimum atomic E-state index is -0.919. The van der Waals surface area contributed by atoms with Crippen molar-refractivity contribution in [1.82, 2.24) is 0 Å². The van der Waals surface area contributed by atoms with Crippen molar-refractivity contribution in [3.05, 3.63) is 0 Å². The van der Waals surface area contributed by atoms with E-state index in [1.54, 1.807) is 27.5 Å². The number of nitrogens with zero attached hydrogens (tertiary/aromatic N) is 2. The number of aliphatic imine (C=N–C) groups is 2. The molecular weight excluding hydrogens is 205 g/mol. The van der Waals surface area contributed by atoms with E-state index in [1.807, 2.05) is 13.8 Å². The van der Waals surface area contributed by atoms with Crippen molar-refractivity contribution in [2.24, 2.45) is 15.7 Å². The normalized spacial score (nSPS) is 21.8. The second-order valence-corrected chi connectivity index (χ2v) is 4.96. The molecule has 0 fully saturated rings. The summed E-state index contributed by atoms with van der Waals surface area (Å²) in [5.74, 6) is 0.306. The van der Waals surface area contributed by atoms with Crippen LogP contribution in [0.4, 0.5) is 0 Å². The van der Waals surface area contributed by atoms with E-state index < -0.39 is 11.2 Å². The molecule has 0 aromatic carbocycles. The first-order chi connectivity index (χ1) is 7.22. The molecule has 16 heavy (non-hydrogen) atoms. The average molecular weight is 224 g/mol. The molecular formula is C10H19BN3O2. The van der Waals surface area contributed by atoms with Gasteiger partial charge in [-0.05, 0) is 27.7 Å². The van der Waals surface area contributed by atoms with Gasteiger partial charge in [0.25, 0.3) is 0 Å². The van der Waals surface area contributed by atoms with Crippen molar-refractivity contribution >= 4 is 19.7 Å². The van der Waals surface area contributed by atoms with Gasteiger partial charge in [0.2, 0.25) is 5.96 Å².